The minimum absolute atomic E-state index is 0.717. The molecule has 1 aromatic rings. The highest BCUT2D eigenvalue weighted by Crippen LogP contribution is 2.28. The van der Waals surface area contributed by atoms with Gasteiger partial charge in [0.05, 0.1) is 17.6 Å². The highest BCUT2D eigenvalue weighted by Gasteiger charge is 2.29. The Kier molecular flexibility index (Phi) is 3.44. The lowest BCUT2D eigenvalue weighted by Gasteiger charge is -2.23. The van der Waals surface area contributed by atoms with Gasteiger partial charge in [-0.3, -0.25) is 9.88 Å². The maximum Gasteiger partial charge on any atom is 0.0545 e. The van der Waals surface area contributed by atoms with Gasteiger partial charge in [0.1, 0.15) is 0 Å². The average molecular weight is 219 g/mol. The highest BCUT2D eigenvalue weighted by molar-refractivity contribution is 5.34. The van der Waals surface area contributed by atoms with Crippen molar-refractivity contribution in [3.05, 3.63) is 24.0 Å². The number of hydrogen-bond donors (Lipinski definition) is 1. The van der Waals surface area contributed by atoms with E-state index in [1.807, 2.05) is 12.1 Å². The van der Waals surface area contributed by atoms with Crippen molar-refractivity contribution in [3.8, 4) is 0 Å². The summed E-state index contributed by atoms with van der Waals surface area (Å²) in [5, 5.41) is 0. The first-order chi connectivity index (χ1) is 7.65. The summed E-state index contributed by atoms with van der Waals surface area (Å²) in [5.41, 5.74) is 7.50. The molecule has 0 aromatic carbocycles. The third-order valence-corrected chi connectivity index (χ3v) is 2.88. The number of pyridine rings is 1. The van der Waals surface area contributed by atoms with E-state index in [1.165, 1.54) is 12.8 Å². The minimum atomic E-state index is 0.717. The van der Waals surface area contributed by atoms with Gasteiger partial charge in [-0.1, -0.05) is 13.8 Å². The minimum Gasteiger partial charge on any atom is -0.397 e. The first kappa shape index (κ1) is 11.4. The molecule has 3 nitrogen and oxygen atoms in total. The first-order valence-electron chi connectivity index (χ1n) is 6.09. The molecule has 0 radical (unpaired) electrons. The number of aromatic nitrogens is 1. The zero-order chi connectivity index (χ0) is 11.5. The van der Waals surface area contributed by atoms with Gasteiger partial charge in [-0.25, -0.2) is 0 Å². The van der Waals surface area contributed by atoms with Crippen molar-refractivity contribution in [2.75, 3.05) is 12.3 Å². The molecule has 1 heterocycles. The van der Waals surface area contributed by atoms with Crippen LogP contribution in [-0.4, -0.2) is 22.5 Å². The molecule has 16 heavy (non-hydrogen) atoms. The van der Waals surface area contributed by atoms with Gasteiger partial charge >= 0.3 is 0 Å². The average Bonchev–Trinajstić information content (AvgIpc) is 3.03. The Labute approximate surface area is 97.7 Å². The molecule has 1 aliphatic rings. The Balaban J connectivity index is 1.96. The number of hydrogen-bond acceptors (Lipinski definition) is 3. The SMILES string of the molecule is CC(C)CN(Cc1ccc(N)cn1)C1CC1. The van der Waals surface area contributed by atoms with Crippen LogP contribution in [0.4, 0.5) is 5.69 Å². The van der Waals surface area contributed by atoms with E-state index in [4.69, 9.17) is 5.73 Å². The van der Waals surface area contributed by atoms with Crippen molar-refractivity contribution in [1.29, 1.82) is 0 Å². The van der Waals surface area contributed by atoms with E-state index in [0.717, 1.165) is 36.4 Å². The van der Waals surface area contributed by atoms with Crippen LogP contribution in [-0.2, 0) is 6.54 Å². The van der Waals surface area contributed by atoms with Gasteiger partial charge in [0.15, 0.2) is 0 Å². The van der Waals surface area contributed by atoms with Gasteiger partial charge in [-0.15, -0.1) is 0 Å². The maximum atomic E-state index is 5.63. The van der Waals surface area contributed by atoms with Crippen molar-refractivity contribution in [3.63, 3.8) is 0 Å². The molecule has 3 heteroatoms. The number of nitrogens with two attached hydrogens (primary N) is 1. The number of nitrogens with zero attached hydrogens (tertiary/aromatic N) is 2. The molecule has 2 N–H and O–H groups in total. The zero-order valence-corrected chi connectivity index (χ0v) is 10.2. The topological polar surface area (TPSA) is 42.1 Å². The van der Waals surface area contributed by atoms with Crippen molar-refractivity contribution >= 4 is 5.69 Å². The summed E-state index contributed by atoms with van der Waals surface area (Å²) in [5.74, 6) is 0.717. The molecule has 88 valence electrons. The third kappa shape index (κ3) is 3.20. The van der Waals surface area contributed by atoms with Crippen LogP contribution < -0.4 is 5.73 Å². The highest BCUT2D eigenvalue weighted by atomic mass is 15.2. The molecule has 0 amide bonds. The summed E-state index contributed by atoms with van der Waals surface area (Å²) in [6, 6.07) is 4.76. The predicted molar refractivity (Wildman–Crippen MR) is 66.9 cm³/mol. The van der Waals surface area contributed by atoms with E-state index in [0.29, 0.717) is 0 Å². The molecule has 0 unspecified atom stereocenters. The van der Waals surface area contributed by atoms with Crippen molar-refractivity contribution in [2.24, 2.45) is 5.92 Å². The zero-order valence-electron chi connectivity index (χ0n) is 10.2. The van der Waals surface area contributed by atoms with Crippen molar-refractivity contribution in [1.82, 2.24) is 9.88 Å². The van der Waals surface area contributed by atoms with Crippen molar-refractivity contribution in [2.45, 2.75) is 39.3 Å². The Morgan fingerprint density at radius 1 is 1.44 bits per heavy atom. The maximum absolute atomic E-state index is 5.63. The smallest absolute Gasteiger partial charge is 0.0545 e. The van der Waals surface area contributed by atoms with Gasteiger partial charge in [-0.05, 0) is 30.9 Å². The lowest BCUT2D eigenvalue weighted by molar-refractivity contribution is 0.223. The van der Waals surface area contributed by atoms with Gasteiger partial charge in [0, 0.05) is 19.1 Å². The van der Waals surface area contributed by atoms with Crippen LogP contribution in [0.3, 0.4) is 0 Å². The molecule has 1 aliphatic carbocycles. The molecule has 0 atom stereocenters. The fourth-order valence-corrected chi connectivity index (χ4v) is 1.99. The Bertz CT molecular complexity index is 328. The number of anilines is 1. The molecule has 1 aromatic heterocycles. The van der Waals surface area contributed by atoms with Crippen LogP contribution in [0.15, 0.2) is 18.3 Å². The van der Waals surface area contributed by atoms with Crippen LogP contribution in [0.25, 0.3) is 0 Å². The summed E-state index contributed by atoms with van der Waals surface area (Å²) >= 11 is 0. The monoisotopic (exact) mass is 219 g/mol. The summed E-state index contributed by atoms with van der Waals surface area (Å²) in [6.07, 6.45) is 4.44. The largest absolute Gasteiger partial charge is 0.397 e. The van der Waals surface area contributed by atoms with E-state index < -0.39 is 0 Å². The van der Waals surface area contributed by atoms with Gasteiger partial charge in [0.25, 0.3) is 0 Å². The van der Waals surface area contributed by atoms with E-state index >= 15 is 0 Å². The normalized spacial score (nSPS) is 16.0. The van der Waals surface area contributed by atoms with Gasteiger partial charge < -0.3 is 5.73 Å². The molecule has 2 rings (SSSR count). The summed E-state index contributed by atoms with van der Waals surface area (Å²) in [6.45, 7) is 6.66. The van der Waals surface area contributed by atoms with E-state index in [1.54, 1.807) is 6.20 Å². The van der Waals surface area contributed by atoms with Crippen LogP contribution in [0, 0.1) is 5.92 Å². The molecule has 0 spiro atoms. The Morgan fingerprint density at radius 2 is 2.19 bits per heavy atom. The second-order valence-corrected chi connectivity index (χ2v) is 5.14. The first-order valence-corrected chi connectivity index (χ1v) is 6.09. The van der Waals surface area contributed by atoms with Crippen LogP contribution >= 0.6 is 0 Å². The fraction of sp³-hybridized carbons (Fsp3) is 0.615. The fourth-order valence-electron chi connectivity index (χ4n) is 1.99. The van der Waals surface area contributed by atoms with Crippen LogP contribution in [0.1, 0.15) is 32.4 Å². The molecule has 0 saturated heterocycles. The molecule has 0 aliphatic heterocycles. The summed E-state index contributed by atoms with van der Waals surface area (Å²) < 4.78 is 0. The number of nitrogen functional groups attached to an aromatic ring is 1. The second kappa shape index (κ2) is 4.83. The Hall–Kier alpha value is -1.09. The predicted octanol–water partition coefficient (Wildman–Crippen LogP) is 2.28. The van der Waals surface area contributed by atoms with Gasteiger partial charge in [-0.2, -0.15) is 0 Å². The lowest BCUT2D eigenvalue weighted by Crippen LogP contribution is -2.29. The second-order valence-electron chi connectivity index (χ2n) is 5.14. The Morgan fingerprint density at radius 3 is 2.69 bits per heavy atom. The number of rotatable bonds is 5. The van der Waals surface area contributed by atoms with E-state index in [9.17, 15) is 0 Å². The van der Waals surface area contributed by atoms with E-state index in [2.05, 4.69) is 23.7 Å². The molecule has 1 saturated carbocycles. The molecular formula is C13H21N3. The van der Waals surface area contributed by atoms with Crippen LogP contribution in [0.5, 0.6) is 0 Å². The van der Waals surface area contributed by atoms with Crippen molar-refractivity contribution < 1.29 is 0 Å². The van der Waals surface area contributed by atoms with Gasteiger partial charge in [0.2, 0.25) is 0 Å². The standard InChI is InChI=1S/C13H21N3/c1-10(2)8-16(13-5-6-13)9-12-4-3-11(14)7-15-12/h3-4,7,10,13H,5-6,8-9,14H2,1-2H3. The molecular weight excluding hydrogens is 198 g/mol. The molecule has 1 fully saturated rings. The third-order valence-electron chi connectivity index (χ3n) is 2.88. The lowest BCUT2D eigenvalue weighted by atomic mass is 10.2. The van der Waals surface area contributed by atoms with Crippen LogP contribution in [0.2, 0.25) is 0 Å². The summed E-state index contributed by atoms with van der Waals surface area (Å²) in [4.78, 5) is 6.91. The quantitative estimate of drug-likeness (QED) is 0.826. The molecule has 0 bridgehead atoms. The van der Waals surface area contributed by atoms with E-state index in [-0.39, 0.29) is 0 Å². The summed E-state index contributed by atoms with van der Waals surface area (Å²) in [7, 11) is 0.